The fourth-order valence-electron chi connectivity index (χ4n) is 2.81. The maximum Gasteiger partial charge on any atom is 0.244 e. The Labute approximate surface area is 147 Å². The first-order chi connectivity index (χ1) is 12.2. The summed E-state index contributed by atoms with van der Waals surface area (Å²) in [6.45, 7) is 6.41. The lowest BCUT2D eigenvalue weighted by Gasteiger charge is -2.14. The van der Waals surface area contributed by atoms with Crippen molar-refractivity contribution in [3.63, 3.8) is 0 Å². The maximum atomic E-state index is 12.2. The van der Waals surface area contributed by atoms with Crippen LogP contribution in [0, 0.1) is 0 Å². The standard InChI is InChI=1S/C21H21N3O/c1-3-15-24-19-12-8-7-11-18(19)23-21(24)16(2)22-20(25)14-13-17-9-5-4-6-10-17/h3-14,16H,1,15H2,2H3,(H,22,25)/b14-13-. The van der Waals surface area contributed by atoms with Gasteiger partial charge in [-0.25, -0.2) is 4.98 Å². The average molecular weight is 331 g/mol. The summed E-state index contributed by atoms with van der Waals surface area (Å²) in [5.41, 5.74) is 2.95. The Hall–Kier alpha value is -3.14. The van der Waals surface area contributed by atoms with Gasteiger partial charge in [-0.1, -0.05) is 48.5 Å². The minimum atomic E-state index is -0.208. The number of carbonyl (C=O) groups excluding carboxylic acids is 1. The zero-order valence-corrected chi connectivity index (χ0v) is 14.2. The average Bonchev–Trinajstić information content (AvgIpc) is 3.00. The molecule has 3 aromatic rings. The Bertz CT molecular complexity index is 909. The van der Waals surface area contributed by atoms with Crippen molar-refractivity contribution < 1.29 is 4.79 Å². The van der Waals surface area contributed by atoms with Crippen LogP contribution in [0.5, 0.6) is 0 Å². The SMILES string of the molecule is C=CCn1c(C(C)NC(=O)/C=C\c2ccccc2)nc2ccccc21. The Morgan fingerprint density at radius 1 is 1.20 bits per heavy atom. The van der Waals surface area contributed by atoms with Crippen molar-refractivity contribution in [2.45, 2.75) is 19.5 Å². The van der Waals surface area contributed by atoms with Crippen molar-refractivity contribution in [2.24, 2.45) is 0 Å². The smallest absolute Gasteiger partial charge is 0.244 e. The highest BCUT2D eigenvalue weighted by molar-refractivity contribution is 5.92. The summed E-state index contributed by atoms with van der Waals surface area (Å²) >= 11 is 0. The van der Waals surface area contributed by atoms with E-state index in [2.05, 4.69) is 21.4 Å². The number of aromatic nitrogens is 2. The molecule has 126 valence electrons. The number of allylic oxidation sites excluding steroid dienone is 1. The highest BCUT2D eigenvalue weighted by Crippen LogP contribution is 2.20. The largest absolute Gasteiger partial charge is 0.343 e. The number of benzene rings is 2. The first-order valence-electron chi connectivity index (χ1n) is 8.28. The molecule has 2 aromatic carbocycles. The van der Waals surface area contributed by atoms with Gasteiger partial charge >= 0.3 is 0 Å². The number of hydrogen-bond acceptors (Lipinski definition) is 2. The minimum Gasteiger partial charge on any atom is -0.343 e. The molecule has 0 aliphatic rings. The lowest BCUT2D eigenvalue weighted by molar-refractivity contribution is -0.117. The van der Waals surface area contributed by atoms with Crippen molar-refractivity contribution >= 4 is 23.0 Å². The Morgan fingerprint density at radius 2 is 1.92 bits per heavy atom. The van der Waals surface area contributed by atoms with Crippen molar-refractivity contribution in [3.8, 4) is 0 Å². The summed E-state index contributed by atoms with van der Waals surface area (Å²) in [7, 11) is 0. The number of hydrogen-bond donors (Lipinski definition) is 1. The quantitative estimate of drug-likeness (QED) is 0.546. The third-order valence-electron chi connectivity index (χ3n) is 3.97. The Kier molecular flexibility index (Phi) is 5.09. The molecule has 25 heavy (non-hydrogen) atoms. The van der Waals surface area contributed by atoms with Gasteiger partial charge in [0.1, 0.15) is 5.82 Å². The monoisotopic (exact) mass is 331 g/mol. The second-order valence-corrected chi connectivity index (χ2v) is 5.83. The molecule has 1 unspecified atom stereocenters. The van der Waals surface area contributed by atoms with Gasteiger partial charge in [0, 0.05) is 12.6 Å². The first-order valence-corrected chi connectivity index (χ1v) is 8.28. The third kappa shape index (κ3) is 3.86. The van der Waals surface area contributed by atoms with Gasteiger partial charge in [-0.2, -0.15) is 0 Å². The fraction of sp³-hybridized carbons (Fsp3) is 0.143. The van der Waals surface area contributed by atoms with Crippen LogP contribution in [0.1, 0.15) is 24.4 Å². The third-order valence-corrected chi connectivity index (χ3v) is 3.97. The maximum absolute atomic E-state index is 12.2. The Morgan fingerprint density at radius 3 is 2.68 bits per heavy atom. The first kappa shape index (κ1) is 16.7. The van der Waals surface area contributed by atoms with Gasteiger partial charge in [0.05, 0.1) is 17.1 Å². The van der Waals surface area contributed by atoms with E-state index >= 15 is 0 Å². The molecule has 0 aliphatic carbocycles. The molecule has 1 amide bonds. The minimum absolute atomic E-state index is 0.145. The van der Waals surface area contributed by atoms with E-state index in [-0.39, 0.29) is 11.9 Å². The fourth-order valence-corrected chi connectivity index (χ4v) is 2.81. The van der Waals surface area contributed by atoms with E-state index < -0.39 is 0 Å². The summed E-state index contributed by atoms with van der Waals surface area (Å²) in [5, 5.41) is 2.98. The van der Waals surface area contributed by atoms with E-state index in [1.54, 1.807) is 12.2 Å². The normalized spacial score (nSPS) is 12.4. The van der Waals surface area contributed by atoms with E-state index in [9.17, 15) is 4.79 Å². The molecule has 4 nitrogen and oxygen atoms in total. The van der Waals surface area contributed by atoms with Crippen LogP contribution in [-0.4, -0.2) is 15.5 Å². The van der Waals surface area contributed by atoms with E-state index in [1.165, 1.54) is 0 Å². The molecule has 0 aliphatic heterocycles. The van der Waals surface area contributed by atoms with Crippen LogP contribution < -0.4 is 5.32 Å². The van der Waals surface area contributed by atoms with Gasteiger partial charge in [-0.05, 0) is 30.7 Å². The van der Waals surface area contributed by atoms with Gasteiger partial charge in [0.2, 0.25) is 5.91 Å². The van der Waals surface area contributed by atoms with E-state index in [0.717, 1.165) is 22.4 Å². The van der Waals surface area contributed by atoms with Crippen LogP contribution in [0.25, 0.3) is 17.1 Å². The number of amides is 1. The molecule has 1 heterocycles. The molecule has 4 heteroatoms. The van der Waals surface area contributed by atoms with Gasteiger partial charge in [0.25, 0.3) is 0 Å². The van der Waals surface area contributed by atoms with Crippen LogP contribution in [0.3, 0.4) is 0 Å². The molecule has 0 bridgehead atoms. The zero-order chi connectivity index (χ0) is 17.6. The second kappa shape index (κ2) is 7.62. The molecule has 1 aromatic heterocycles. The lowest BCUT2D eigenvalue weighted by atomic mass is 10.2. The van der Waals surface area contributed by atoms with E-state index in [0.29, 0.717) is 6.54 Å². The van der Waals surface area contributed by atoms with Crippen LogP contribution in [0.4, 0.5) is 0 Å². The zero-order valence-electron chi connectivity index (χ0n) is 14.2. The summed E-state index contributed by atoms with van der Waals surface area (Å²) in [6, 6.07) is 17.5. The number of nitrogens with one attached hydrogen (secondary N) is 1. The van der Waals surface area contributed by atoms with Crippen LogP contribution in [-0.2, 0) is 11.3 Å². The van der Waals surface area contributed by atoms with Crippen LogP contribution >= 0.6 is 0 Å². The van der Waals surface area contributed by atoms with Crippen molar-refractivity contribution in [1.82, 2.24) is 14.9 Å². The van der Waals surface area contributed by atoms with E-state index in [4.69, 9.17) is 0 Å². The molecule has 0 saturated carbocycles. The Balaban J connectivity index is 1.78. The summed E-state index contributed by atoms with van der Waals surface area (Å²) in [6.07, 6.45) is 5.18. The number of rotatable bonds is 6. The topological polar surface area (TPSA) is 46.9 Å². The van der Waals surface area contributed by atoms with Crippen molar-refractivity contribution in [1.29, 1.82) is 0 Å². The predicted molar refractivity (Wildman–Crippen MR) is 102 cm³/mol. The van der Waals surface area contributed by atoms with Gasteiger partial charge in [0.15, 0.2) is 0 Å². The highest BCUT2D eigenvalue weighted by atomic mass is 16.1. The predicted octanol–water partition coefficient (Wildman–Crippen LogP) is 4.11. The number of imidazole rings is 1. The summed E-state index contributed by atoms with van der Waals surface area (Å²) < 4.78 is 2.08. The van der Waals surface area contributed by atoms with Gasteiger partial charge < -0.3 is 9.88 Å². The van der Waals surface area contributed by atoms with Crippen LogP contribution in [0.15, 0.2) is 73.3 Å². The molecule has 0 fully saturated rings. The number of carbonyl (C=O) groups is 1. The molecule has 1 N–H and O–H groups in total. The molecule has 0 saturated heterocycles. The molecule has 0 radical (unpaired) electrons. The molecular formula is C21H21N3O. The molecular weight excluding hydrogens is 310 g/mol. The molecule has 0 spiro atoms. The summed E-state index contributed by atoms with van der Waals surface area (Å²) in [5.74, 6) is 0.677. The molecule has 3 rings (SSSR count). The van der Waals surface area contributed by atoms with Crippen molar-refractivity contribution in [3.05, 3.63) is 84.7 Å². The van der Waals surface area contributed by atoms with Gasteiger partial charge in [-0.3, -0.25) is 4.79 Å². The lowest BCUT2D eigenvalue weighted by Crippen LogP contribution is -2.27. The number of nitrogens with zero attached hydrogens (tertiary/aromatic N) is 2. The van der Waals surface area contributed by atoms with E-state index in [1.807, 2.05) is 67.6 Å². The number of para-hydroxylation sites is 2. The number of fused-ring (bicyclic) bond motifs is 1. The van der Waals surface area contributed by atoms with Gasteiger partial charge in [-0.15, -0.1) is 6.58 Å². The molecule has 1 atom stereocenters. The highest BCUT2D eigenvalue weighted by Gasteiger charge is 2.16. The second-order valence-electron chi connectivity index (χ2n) is 5.83. The van der Waals surface area contributed by atoms with Crippen molar-refractivity contribution in [2.75, 3.05) is 0 Å². The summed E-state index contributed by atoms with van der Waals surface area (Å²) in [4.78, 5) is 16.9. The van der Waals surface area contributed by atoms with Crippen LogP contribution in [0.2, 0.25) is 0 Å².